The van der Waals surface area contributed by atoms with E-state index in [1.807, 2.05) is 7.05 Å². The largest absolute Gasteiger partial charge is 0.315 e. The minimum atomic E-state index is 0.224. The van der Waals surface area contributed by atoms with Gasteiger partial charge in [0.05, 0.1) is 0 Å². The summed E-state index contributed by atoms with van der Waals surface area (Å²) in [4.78, 5) is 15.9. The number of hydrogen-bond acceptors (Lipinski definition) is 3. The van der Waals surface area contributed by atoms with Gasteiger partial charge >= 0.3 is 0 Å². The summed E-state index contributed by atoms with van der Waals surface area (Å²) in [7, 11) is 1.87. The second-order valence-corrected chi connectivity index (χ2v) is 5.44. The van der Waals surface area contributed by atoms with Crippen molar-refractivity contribution in [2.45, 2.75) is 19.4 Å². The fourth-order valence-corrected chi connectivity index (χ4v) is 2.94. The van der Waals surface area contributed by atoms with Crippen LogP contribution in [0.4, 0.5) is 5.69 Å². The molecule has 4 nitrogen and oxygen atoms in total. The predicted octanol–water partition coefficient (Wildman–Crippen LogP) is 1.00. The van der Waals surface area contributed by atoms with Gasteiger partial charge in [-0.2, -0.15) is 0 Å². The number of nitrogens with zero attached hydrogens (tertiary/aromatic N) is 2. The monoisotopic (exact) mass is 259 g/mol. The molecule has 0 saturated carbocycles. The van der Waals surface area contributed by atoms with Crippen LogP contribution in [-0.4, -0.2) is 44.0 Å². The van der Waals surface area contributed by atoms with Crippen LogP contribution in [0.5, 0.6) is 0 Å². The van der Waals surface area contributed by atoms with Crippen molar-refractivity contribution in [3.8, 4) is 0 Å². The number of fused-ring (bicyclic) bond motifs is 1. The third-order valence-corrected chi connectivity index (χ3v) is 4.10. The number of aryl methyl sites for hydroxylation is 1. The van der Waals surface area contributed by atoms with Crippen LogP contribution >= 0.6 is 0 Å². The van der Waals surface area contributed by atoms with Crippen molar-refractivity contribution in [1.29, 1.82) is 0 Å². The Bertz CT molecular complexity index is 480. The molecule has 1 N–H and O–H groups in total. The molecular weight excluding hydrogens is 238 g/mol. The number of anilines is 1. The minimum Gasteiger partial charge on any atom is -0.315 e. The first-order chi connectivity index (χ1) is 9.24. The Morgan fingerprint density at radius 3 is 2.79 bits per heavy atom. The molecule has 1 amide bonds. The summed E-state index contributed by atoms with van der Waals surface area (Å²) < 4.78 is 0. The molecule has 0 aliphatic carbocycles. The lowest BCUT2D eigenvalue weighted by Gasteiger charge is -2.29. The van der Waals surface area contributed by atoms with E-state index in [0.29, 0.717) is 6.42 Å². The van der Waals surface area contributed by atoms with Crippen LogP contribution < -0.4 is 10.2 Å². The topological polar surface area (TPSA) is 35.6 Å². The molecule has 4 heteroatoms. The van der Waals surface area contributed by atoms with Crippen LogP contribution in [0.3, 0.4) is 0 Å². The number of piperazine rings is 1. The smallest absolute Gasteiger partial charge is 0.227 e. The lowest BCUT2D eigenvalue weighted by atomic mass is 9.99. The molecule has 0 radical (unpaired) electrons. The van der Waals surface area contributed by atoms with E-state index in [9.17, 15) is 4.79 Å². The fraction of sp³-hybridized carbons (Fsp3) is 0.533. The predicted molar refractivity (Wildman–Crippen MR) is 76.3 cm³/mol. The van der Waals surface area contributed by atoms with Gasteiger partial charge in [-0.3, -0.25) is 9.69 Å². The molecule has 1 fully saturated rings. The van der Waals surface area contributed by atoms with E-state index in [0.717, 1.165) is 44.8 Å². The number of benzene rings is 1. The SMILES string of the molecule is CN1C(=O)CCc2cc(CN3CCNCC3)ccc21. The van der Waals surface area contributed by atoms with Gasteiger partial charge in [0, 0.05) is 51.9 Å². The zero-order chi connectivity index (χ0) is 13.2. The number of hydrogen-bond donors (Lipinski definition) is 1. The van der Waals surface area contributed by atoms with Gasteiger partial charge in [0.15, 0.2) is 0 Å². The Hall–Kier alpha value is -1.39. The number of nitrogens with one attached hydrogen (secondary N) is 1. The maximum atomic E-state index is 11.7. The number of amides is 1. The molecule has 3 rings (SSSR count). The van der Waals surface area contributed by atoms with Gasteiger partial charge in [0.1, 0.15) is 0 Å². The van der Waals surface area contributed by atoms with Crippen LogP contribution in [0.1, 0.15) is 17.5 Å². The quantitative estimate of drug-likeness (QED) is 0.860. The summed E-state index contributed by atoms with van der Waals surface area (Å²) in [6.07, 6.45) is 1.52. The number of carbonyl (C=O) groups is 1. The molecule has 0 unspecified atom stereocenters. The van der Waals surface area contributed by atoms with Crippen LogP contribution in [-0.2, 0) is 17.8 Å². The molecule has 2 heterocycles. The van der Waals surface area contributed by atoms with Crippen molar-refractivity contribution in [2.24, 2.45) is 0 Å². The number of carbonyl (C=O) groups excluding carboxylic acids is 1. The lowest BCUT2D eigenvalue weighted by Crippen LogP contribution is -2.42. The van der Waals surface area contributed by atoms with Crippen LogP contribution in [0.15, 0.2) is 18.2 Å². The Morgan fingerprint density at radius 2 is 2.00 bits per heavy atom. The summed E-state index contributed by atoms with van der Waals surface area (Å²) in [5.41, 5.74) is 3.76. The van der Waals surface area contributed by atoms with Gasteiger partial charge in [0.25, 0.3) is 0 Å². The summed E-state index contributed by atoms with van der Waals surface area (Å²) in [5, 5.41) is 3.38. The van der Waals surface area contributed by atoms with Gasteiger partial charge in [-0.1, -0.05) is 12.1 Å². The summed E-state index contributed by atoms with van der Waals surface area (Å²) in [6, 6.07) is 6.54. The first-order valence-electron chi connectivity index (χ1n) is 7.05. The van der Waals surface area contributed by atoms with Crippen molar-refractivity contribution < 1.29 is 4.79 Å². The molecule has 0 spiro atoms. The van der Waals surface area contributed by atoms with E-state index < -0.39 is 0 Å². The third-order valence-electron chi connectivity index (χ3n) is 4.10. The van der Waals surface area contributed by atoms with E-state index in [1.165, 1.54) is 11.1 Å². The van der Waals surface area contributed by atoms with Crippen molar-refractivity contribution in [3.05, 3.63) is 29.3 Å². The molecule has 19 heavy (non-hydrogen) atoms. The van der Waals surface area contributed by atoms with Gasteiger partial charge in [-0.25, -0.2) is 0 Å². The van der Waals surface area contributed by atoms with E-state index in [2.05, 4.69) is 28.4 Å². The highest BCUT2D eigenvalue weighted by Gasteiger charge is 2.21. The maximum absolute atomic E-state index is 11.7. The molecule has 102 valence electrons. The highest BCUT2D eigenvalue weighted by molar-refractivity contribution is 5.95. The fourth-order valence-electron chi connectivity index (χ4n) is 2.94. The number of rotatable bonds is 2. The van der Waals surface area contributed by atoms with E-state index >= 15 is 0 Å². The molecule has 0 atom stereocenters. The van der Waals surface area contributed by atoms with E-state index in [-0.39, 0.29) is 5.91 Å². The molecule has 0 bridgehead atoms. The van der Waals surface area contributed by atoms with Crippen LogP contribution in [0.25, 0.3) is 0 Å². The zero-order valence-electron chi connectivity index (χ0n) is 11.5. The Labute approximate surface area is 114 Å². The normalized spacial score (nSPS) is 20.5. The molecule has 1 aromatic rings. The second-order valence-electron chi connectivity index (χ2n) is 5.44. The maximum Gasteiger partial charge on any atom is 0.227 e. The Morgan fingerprint density at radius 1 is 1.21 bits per heavy atom. The van der Waals surface area contributed by atoms with Gasteiger partial charge < -0.3 is 10.2 Å². The average molecular weight is 259 g/mol. The van der Waals surface area contributed by atoms with Crippen LogP contribution in [0, 0.1) is 0 Å². The van der Waals surface area contributed by atoms with Crippen molar-refractivity contribution in [2.75, 3.05) is 38.1 Å². The Kier molecular flexibility index (Phi) is 3.53. The van der Waals surface area contributed by atoms with Gasteiger partial charge in [-0.05, 0) is 23.6 Å². The van der Waals surface area contributed by atoms with Crippen LogP contribution in [0.2, 0.25) is 0 Å². The summed E-state index contributed by atoms with van der Waals surface area (Å²) >= 11 is 0. The standard InChI is InChI=1S/C15H21N3O/c1-17-14-4-2-12(10-13(14)3-5-15(17)19)11-18-8-6-16-7-9-18/h2,4,10,16H,3,5-9,11H2,1H3. The van der Waals surface area contributed by atoms with Crippen molar-refractivity contribution >= 4 is 11.6 Å². The zero-order valence-corrected chi connectivity index (χ0v) is 11.5. The molecule has 2 aliphatic rings. The van der Waals surface area contributed by atoms with Gasteiger partial charge in [-0.15, -0.1) is 0 Å². The molecule has 0 aromatic heterocycles. The summed E-state index contributed by atoms with van der Waals surface area (Å²) in [5.74, 6) is 0.224. The highest BCUT2D eigenvalue weighted by atomic mass is 16.2. The van der Waals surface area contributed by atoms with Crippen molar-refractivity contribution in [3.63, 3.8) is 0 Å². The van der Waals surface area contributed by atoms with Gasteiger partial charge in [0.2, 0.25) is 5.91 Å². The summed E-state index contributed by atoms with van der Waals surface area (Å²) in [6.45, 7) is 5.43. The Balaban J connectivity index is 1.76. The first-order valence-corrected chi connectivity index (χ1v) is 7.05. The first kappa shape index (κ1) is 12.6. The molecule has 1 aromatic carbocycles. The second kappa shape index (κ2) is 5.31. The molecule has 2 aliphatic heterocycles. The molecule has 1 saturated heterocycles. The van der Waals surface area contributed by atoms with Crippen molar-refractivity contribution in [1.82, 2.24) is 10.2 Å². The highest BCUT2D eigenvalue weighted by Crippen LogP contribution is 2.27. The minimum absolute atomic E-state index is 0.224. The average Bonchev–Trinajstić information content (AvgIpc) is 2.44. The molecular formula is C15H21N3O. The third kappa shape index (κ3) is 2.65. The van der Waals surface area contributed by atoms with E-state index in [1.54, 1.807) is 4.90 Å². The lowest BCUT2D eigenvalue weighted by molar-refractivity contribution is -0.118. The van der Waals surface area contributed by atoms with E-state index in [4.69, 9.17) is 0 Å².